The van der Waals surface area contributed by atoms with Crippen molar-refractivity contribution < 1.29 is 9.00 Å². The van der Waals surface area contributed by atoms with Crippen LogP contribution in [-0.4, -0.2) is 20.2 Å². The zero-order valence-corrected chi connectivity index (χ0v) is 11.8. The van der Waals surface area contributed by atoms with Crippen molar-refractivity contribution in [2.75, 3.05) is 9.62 Å². The Hall–Kier alpha value is -2.28. The molecule has 0 aromatic carbocycles. The highest BCUT2D eigenvalue weighted by molar-refractivity contribution is 7.87. The van der Waals surface area contributed by atoms with Crippen LogP contribution in [0.1, 0.15) is 11.3 Å². The minimum atomic E-state index is -1.65. The molecule has 102 valence electrons. The van der Waals surface area contributed by atoms with Gasteiger partial charge >= 0.3 is 6.03 Å². The van der Waals surface area contributed by atoms with Gasteiger partial charge in [-0.3, -0.25) is 5.32 Å². The van der Waals surface area contributed by atoms with Gasteiger partial charge in [-0.15, -0.1) is 0 Å². The van der Waals surface area contributed by atoms with Crippen LogP contribution in [0.25, 0.3) is 0 Å². The number of hydrogen-bond donors (Lipinski definition) is 1. The van der Waals surface area contributed by atoms with Crippen LogP contribution < -0.4 is 9.62 Å². The highest BCUT2D eigenvalue weighted by Gasteiger charge is 2.32. The molecule has 2 aromatic heterocycles. The predicted molar refractivity (Wildman–Crippen MR) is 75.9 cm³/mol. The third-order valence-electron chi connectivity index (χ3n) is 3.08. The third kappa shape index (κ3) is 1.96. The maximum Gasteiger partial charge on any atom is 0.341 e. The van der Waals surface area contributed by atoms with Crippen LogP contribution in [0.2, 0.25) is 0 Å². The van der Waals surface area contributed by atoms with Crippen LogP contribution in [0.15, 0.2) is 35.4 Å². The molecule has 1 unspecified atom stereocenters. The molecule has 0 aliphatic carbocycles. The number of aromatic nitrogens is 2. The van der Waals surface area contributed by atoms with E-state index >= 15 is 0 Å². The Kier molecular flexibility index (Phi) is 2.98. The molecule has 1 N–H and O–H groups in total. The fourth-order valence-electron chi connectivity index (χ4n) is 1.87. The van der Waals surface area contributed by atoms with Crippen LogP contribution >= 0.6 is 0 Å². The number of anilines is 2. The smallest absolute Gasteiger partial charge is 0.290 e. The highest BCUT2D eigenvalue weighted by Crippen LogP contribution is 2.28. The quantitative estimate of drug-likeness (QED) is 0.872. The lowest BCUT2D eigenvalue weighted by Gasteiger charge is -2.26. The van der Waals surface area contributed by atoms with Crippen molar-refractivity contribution in [3.05, 3.63) is 41.7 Å². The summed E-state index contributed by atoms with van der Waals surface area (Å²) in [5.41, 5.74) is 1.81. The molecule has 0 fully saturated rings. The molecule has 0 bridgehead atoms. The second-order valence-corrected chi connectivity index (χ2v) is 5.70. The van der Waals surface area contributed by atoms with E-state index in [0.29, 0.717) is 16.5 Å². The lowest BCUT2D eigenvalue weighted by atomic mass is 10.2. The molecule has 1 aliphatic heterocycles. The van der Waals surface area contributed by atoms with Crippen molar-refractivity contribution in [2.45, 2.75) is 18.7 Å². The second kappa shape index (κ2) is 4.68. The number of nitrogens with one attached hydrogen (secondary N) is 1. The number of carbonyl (C=O) groups excluding carboxylic acids is 1. The summed E-state index contributed by atoms with van der Waals surface area (Å²) in [6, 6.07) is 6.39. The van der Waals surface area contributed by atoms with Crippen LogP contribution in [0.5, 0.6) is 0 Å². The van der Waals surface area contributed by atoms with E-state index in [1.165, 1.54) is 0 Å². The van der Waals surface area contributed by atoms with E-state index in [-0.39, 0.29) is 0 Å². The molecule has 6 nitrogen and oxygen atoms in total. The molecule has 3 heterocycles. The Morgan fingerprint density at radius 1 is 1.25 bits per heavy atom. The summed E-state index contributed by atoms with van der Waals surface area (Å²) in [6.45, 7) is 3.78. The molecule has 20 heavy (non-hydrogen) atoms. The first kappa shape index (κ1) is 12.7. The van der Waals surface area contributed by atoms with Crippen molar-refractivity contribution in [2.24, 2.45) is 0 Å². The van der Waals surface area contributed by atoms with E-state index in [0.717, 1.165) is 15.6 Å². The molecular formula is C13H12N4O2S. The molecule has 2 amide bonds. The van der Waals surface area contributed by atoms with E-state index in [4.69, 9.17) is 0 Å². The number of carbonyl (C=O) groups is 1. The molecule has 1 aliphatic rings. The Labute approximate surface area is 118 Å². The average molecular weight is 288 g/mol. The maximum atomic E-state index is 12.5. The number of fused-ring (bicyclic) bond motifs is 1. The summed E-state index contributed by atoms with van der Waals surface area (Å²) in [5.74, 6) is 0.689. The number of hydrogen-bond acceptors (Lipinski definition) is 4. The monoisotopic (exact) mass is 288 g/mol. The van der Waals surface area contributed by atoms with Gasteiger partial charge in [-0.2, -0.15) is 4.31 Å². The molecule has 0 saturated heterocycles. The first-order valence-electron chi connectivity index (χ1n) is 6.00. The van der Waals surface area contributed by atoms with Crippen LogP contribution in [0.4, 0.5) is 16.4 Å². The zero-order chi connectivity index (χ0) is 14.3. The van der Waals surface area contributed by atoms with E-state index in [9.17, 15) is 9.00 Å². The second-order valence-electron chi connectivity index (χ2n) is 4.40. The van der Waals surface area contributed by atoms with Crippen LogP contribution in [0.3, 0.4) is 0 Å². The molecule has 1 atom stereocenters. The first-order chi connectivity index (χ1) is 9.58. The Morgan fingerprint density at radius 2 is 2.05 bits per heavy atom. The van der Waals surface area contributed by atoms with Gasteiger partial charge in [-0.05, 0) is 37.6 Å². The Balaban J connectivity index is 2.08. The van der Waals surface area contributed by atoms with Crippen molar-refractivity contribution in [3.8, 4) is 0 Å². The number of rotatable bonds is 1. The Bertz CT molecular complexity index is 732. The van der Waals surface area contributed by atoms with Gasteiger partial charge in [0.05, 0.1) is 0 Å². The van der Waals surface area contributed by atoms with E-state index < -0.39 is 17.0 Å². The van der Waals surface area contributed by atoms with Crippen molar-refractivity contribution in [3.63, 3.8) is 0 Å². The summed E-state index contributed by atoms with van der Waals surface area (Å²) in [4.78, 5) is 20.9. The van der Waals surface area contributed by atoms with Gasteiger partial charge in [0.25, 0.3) is 0 Å². The number of pyridine rings is 2. The van der Waals surface area contributed by atoms with Gasteiger partial charge in [0, 0.05) is 11.9 Å². The lowest BCUT2D eigenvalue weighted by molar-refractivity contribution is 0.259. The lowest BCUT2D eigenvalue weighted by Crippen LogP contribution is -2.41. The van der Waals surface area contributed by atoms with E-state index in [2.05, 4.69) is 15.3 Å². The summed E-state index contributed by atoms with van der Waals surface area (Å²) in [7, 11) is -1.65. The molecule has 0 radical (unpaired) electrons. The first-order valence-corrected chi connectivity index (χ1v) is 7.11. The molecule has 2 aromatic rings. The molecular weight excluding hydrogens is 276 g/mol. The summed E-state index contributed by atoms with van der Waals surface area (Å²) >= 11 is 0. The van der Waals surface area contributed by atoms with Gasteiger partial charge in [0.15, 0.2) is 16.8 Å². The molecule has 0 spiro atoms. The fourth-order valence-corrected chi connectivity index (χ4v) is 3.00. The normalized spacial score (nSPS) is 17.6. The van der Waals surface area contributed by atoms with E-state index in [1.54, 1.807) is 24.4 Å². The van der Waals surface area contributed by atoms with Crippen LogP contribution in [0, 0.1) is 13.8 Å². The average Bonchev–Trinajstić information content (AvgIpc) is 2.43. The SMILES string of the molecule is Cc1ccc(N2C(=O)Nc3ncccc3S2=O)nc1C. The molecule has 7 heteroatoms. The maximum absolute atomic E-state index is 12.5. The van der Waals surface area contributed by atoms with Gasteiger partial charge < -0.3 is 0 Å². The van der Waals surface area contributed by atoms with Crippen molar-refractivity contribution in [1.29, 1.82) is 0 Å². The largest absolute Gasteiger partial charge is 0.341 e. The van der Waals surface area contributed by atoms with Gasteiger partial charge in [-0.1, -0.05) is 6.07 Å². The van der Waals surface area contributed by atoms with Crippen LogP contribution in [-0.2, 0) is 11.0 Å². The number of urea groups is 1. The highest BCUT2D eigenvalue weighted by atomic mass is 32.2. The van der Waals surface area contributed by atoms with Crippen molar-refractivity contribution >= 4 is 28.7 Å². The summed E-state index contributed by atoms with van der Waals surface area (Å²) in [5, 5.41) is 2.62. The van der Waals surface area contributed by atoms with E-state index in [1.807, 2.05) is 19.9 Å². The summed E-state index contributed by atoms with van der Waals surface area (Å²) in [6.07, 6.45) is 1.54. The Morgan fingerprint density at radius 3 is 2.80 bits per heavy atom. The molecule has 3 rings (SSSR count). The number of amides is 2. The predicted octanol–water partition coefficient (Wildman–Crippen LogP) is 2.17. The number of aryl methyl sites for hydroxylation is 2. The summed E-state index contributed by atoms with van der Waals surface area (Å²) < 4.78 is 13.7. The zero-order valence-electron chi connectivity index (χ0n) is 11.0. The topological polar surface area (TPSA) is 75.2 Å². The minimum absolute atomic E-state index is 0.330. The third-order valence-corrected chi connectivity index (χ3v) is 4.47. The van der Waals surface area contributed by atoms with Gasteiger partial charge in [-0.25, -0.2) is 19.0 Å². The fraction of sp³-hybridized carbons (Fsp3) is 0.154. The van der Waals surface area contributed by atoms with Crippen molar-refractivity contribution in [1.82, 2.24) is 9.97 Å². The van der Waals surface area contributed by atoms with Gasteiger partial charge in [0.2, 0.25) is 0 Å². The minimum Gasteiger partial charge on any atom is -0.290 e. The van der Waals surface area contributed by atoms with Gasteiger partial charge in [0.1, 0.15) is 10.7 Å². The standard InChI is InChI=1S/C13H12N4O2S/c1-8-5-6-11(15-9(8)2)17-13(18)16-12-10(20(17)19)4-3-7-14-12/h3-7H,1-2H3,(H,14,16,18). The number of nitrogens with zero attached hydrogens (tertiary/aromatic N) is 3. The molecule has 0 saturated carbocycles.